The minimum atomic E-state index is 0.529. The molecule has 4 nitrogen and oxygen atoms in total. The number of hydrogen-bond acceptors (Lipinski definition) is 3. The summed E-state index contributed by atoms with van der Waals surface area (Å²) in [5.41, 5.74) is 8.70. The van der Waals surface area contributed by atoms with Crippen LogP contribution in [0, 0.1) is 0 Å². The molecule has 0 saturated carbocycles. The van der Waals surface area contributed by atoms with Crippen molar-refractivity contribution in [1.82, 2.24) is 15.0 Å². The zero-order chi connectivity index (χ0) is 14.8. The second kappa shape index (κ2) is 5.25. The lowest BCUT2D eigenvalue weighted by molar-refractivity contribution is 0.809. The molecule has 0 radical (unpaired) electrons. The summed E-state index contributed by atoms with van der Waals surface area (Å²) in [6.07, 6.45) is 3.58. The van der Waals surface area contributed by atoms with E-state index in [9.17, 15) is 0 Å². The molecule has 2 aromatic carbocycles. The third-order valence-corrected chi connectivity index (χ3v) is 3.42. The van der Waals surface area contributed by atoms with Gasteiger partial charge in [0.25, 0.3) is 0 Å². The van der Waals surface area contributed by atoms with Crippen LogP contribution in [0.5, 0.6) is 0 Å². The maximum atomic E-state index is 6.17. The number of hydrogen-bond donors (Lipinski definition) is 1. The van der Waals surface area contributed by atoms with Gasteiger partial charge in [0.2, 0.25) is 0 Å². The lowest BCUT2D eigenvalue weighted by Gasteiger charge is -2.05. The topological polar surface area (TPSA) is 56.7 Å². The molecule has 21 heavy (non-hydrogen) atoms. The second-order valence-corrected chi connectivity index (χ2v) is 4.85. The third-order valence-electron chi connectivity index (χ3n) is 3.42. The number of nitrogens with zero attached hydrogens (tertiary/aromatic N) is 3. The van der Waals surface area contributed by atoms with Gasteiger partial charge in [0.15, 0.2) is 5.82 Å². The molecule has 0 aliphatic rings. The average Bonchev–Trinajstić information content (AvgIpc) is 2.89. The number of fused-ring (bicyclic) bond motifs is 1. The number of anilines is 1. The molecule has 0 saturated heterocycles. The van der Waals surface area contributed by atoms with Crippen molar-refractivity contribution in [3.63, 3.8) is 0 Å². The first-order chi connectivity index (χ1) is 10.2. The summed E-state index contributed by atoms with van der Waals surface area (Å²) in [6, 6.07) is 14.3. The molecule has 0 atom stereocenters. The number of allylic oxidation sites excluding steroid dienone is 3. The molecule has 1 heterocycles. The molecule has 0 bridgehead atoms. The number of aromatic nitrogens is 3. The largest absolute Gasteiger partial charge is 0.382 e. The fraction of sp³-hybridized carbons (Fsp3) is 0.0588. The van der Waals surface area contributed by atoms with Crippen molar-refractivity contribution in [3.05, 3.63) is 66.9 Å². The normalized spacial score (nSPS) is 11.8. The van der Waals surface area contributed by atoms with Crippen LogP contribution < -0.4 is 5.73 Å². The van der Waals surface area contributed by atoms with Gasteiger partial charge in [-0.05, 0) is 35.4 Å². The maximum Gasteiger partial charge on any atom is 0.155 e. The quantitative estimate of drug-likeness (QED) is 0.744. The first-order valence-electron chi connectivity index (χ1n) is 6.71. The van der Waals surface area contributed by atoms with Crippen LogP contribution in [0.25, 0.3) is 22.0 Å². The van der Waals surface area contributed by atoms with Crippen LogP contribution in [-0.2, 0) is 0 Å². The summed E-state index contributed by atoms with van der Waals surface area (Å²) in [5, 5.41) is 10.7. The monoisotopic (exact) mass is 276 g/mol. The van der Waals surface area contributed by atoms with E-state index in [1.54, 1.807) is 10.8 Å². The highest BCUT2D eigenvalue weighted by molar-refractivity contribution is 5.84. The molecule has 0 unspecified atom stereocenters. The maximum absolute atomic E-state index is 6.17. The van der Waals surface area contributed by atoms with Crippen molar-refractivity contribution in [2.75, 3.05) is 5.73 Å². The molecule has 1 aromatic heterocycles. The Bertz CT molecular complexity index is 843. The van der Waals surface area contributed by atoms with Gasteiger partial charge in [-0.25, -0.2) is 0 Å². The van der Waals surface area contributed by atoms with E-state index in [2.05, 4.69) is 41.2 Å². The van der Waals surface area contributed by atoms with E-state index in [-0.39, 0.29) is 0 Å². The Kier molecular flexibility index (Phi) is 3.28. The highest BCUT2D eigenvalue weighted by Gasteiger charge is 2.12. The first-order valence-corrected chi connectivity index (χ1v) is 6.71. The van der Waals surface area contributed by atoms with Crippen LogP contribution >= 0.6 is 0 Å². The van der Waals surface area contributed by atoms with Gasteiger partial charge in [0.05, 0.1) is 5.69 Å². The van der Waals surface area contributed by atoms with Crippen molar-refractivity contribution in [2.45, 2.75) is 6.92 Å². The van der Waals surface area contributed by atoms with Gasteiger partial charge >= 0.3 is 0 Å². The van der Waals surface area contributed by atoms with Crippen LogP contribution in [0.1, 0.15) is 12.6 Å². The second-order valence-electron chi connectivity index (χ2n) is 4.85. The van der Waals surface area contributed by atoms with Gasteiger partial charge in [-0.3, -0.25) is 0 Å². The van der Waals surface area contributed by atoms with Crippen molar-refractivity contribution < 1.29 is 0 Å². The molecule has 104 valence electrons. The average molecular weight is 276 g/mol. The third kappa shape index (κ3) is 2.31. The van der Waals surface area contributed by atoms with E-state index in [4.69, 9.17) is 5.73 Å². The lowest BCUT2D eigenvalue weighted by Crippen LogP contribution is -2.02. The summed E-state index contributed by atoms with van der Waals surface area (Å²) in [5.74, 6) is 0.529. The van der Waals surface area contributed by atoms with Crippen molar-refractivity contribution in [2.24, 2.45) is 0 Å². The van der Waals surface area contributed by atoms with E-state index >= 15 is 0 Å². The molecular formula is C17H16N4. The van der Waals surface area contributed by atoms with E-state index in [1.165, 1.54) is 5.39 Å². The molecule has 0 amide bonds. The number of nitrogen functional groups attached to an aromatic ring is 1. The SMILES string of the molecule is C=CC=C(C)c1nnn(-c2ccc3ccccc3c2)c1N. The van der Waals surface area contributed by atoms with Crippen LogP contribution in [0.2, 0.25) is 0 Å². The molecule has 0 aliphatic heterocycles. The Morgan fingerprint density at radius 2 is 1.95 bits per heavy atom. The minimum Gasteiger partial charge on any atom is -0.382 e. The zero-order valence-electron chi connectivity index (χ0n) is 11.8. The van der Waals surface area contributed by atoms with Crippen molar-refractivity contribution >= 4 is 22.2 Å². The number of rotatable bonds is 3. The highest BCUT2D eigenvalue weighted by atomic mass is 15.5. The zero-order valence-corrected chi connectivity index (χ0v) is 11.8. The standard InChI is InChI=1S/C17H16N4/c1-3-6-12(2)16-17(18)21(20-19-16)15-10-9-13-7-4-5-8-14(13)11-15/h3-11H,1,18H2,2H3. The highest BCUT2D eigenvalue weighted by Crippen LogP contribution is 2.23. The molecule has 0 spiro atoms. The van der Waals surface area contributed by atoms with Crippen LogP contribution in [-0.4, -0.2) is 15.0 Å². The Labute approximate surface area is 123 Å². The Balaban J connectivity index is 2.11. The lowest BCUT2D eigenvalue weighted by atomic mass is 10.1. The molecule has 3 rings (SSSR count). The van der Waals surface area contributed by atoms with Crippen molar-refractivity contribution in [3.8, 4) is 5.69 Å². The number of nitrogens with two attached hydrogens (primary N) is 1. The Hall–Kier alpha value is -2.88. The van der Waals surface area contributed by atoms with E-state index < -0.39 is 0 Å². The fourth-order valence-electron chi connectivity index (χ4n) is 2.32. The van der Waals surface area contributed by atoms with Gasteiger partial charge in [0.1, 0.15) is 5.69 Å². The van der Waals surface area contributed by atoms with E-state index in [1.807, 2.05) is 31.2 Å². The van der Waals surface area contributed by atoms with E-state index in [0.717, 1.165) is 16.6 Å². The van der Waals surface area contributed by atoms with E-state index in [0.29, 0.717) is 11.5 Å². The predicted molar refractivity (Wildman–Crippen MR) is 87.1 cm³/mol. The van der Waals surface area contributed by atoms with Crippen molar-refractivity contribution in [1.29, 1.82) is 0 Å². The van der Waals surface area contributed by atoms with Gasteiger partial charge < -0.3 is 5.73 Å². The van der Waals surface area contributed by atoms with Gasteiger partial charge in [-0.1, -0.05) is 54.3 Å². The summed E-state index contributed by atoms with van der Waals surface area (Å²) >= 11 is 0. The first kappa shape index (κ1) is 13.1. The fourth-order valence-corrected chi connectivity index (χ4v) is 2.32. The predicted octanol–water partition coefficient (Wildman–Crippen LogP) is 3.59. The smallest absolute Gasteiger partial charge is 0.155 e. The van der Waals surface area contributed by atoms with Gasteiger partial charge in [-0.15, -0.1) is 5.10 Å². The summed E-state index contributed by atoms with van der Waals surface area (Å²) in [4.78, 5) is 0. The molecule has 2 N–H and O–H groups in total. The summed E-state index contributed by atoms with van der Waals surface area (Å²) < 4.78 is 1.65. The molecule has 0 fully saturated rings. The van der Waals surface area contributed by atoms with Crippen LogP contribution in [0.15, 0.2) is 61.2 Å². The molecule has 3 aromatic rings. The number of benzene rings is 2. The summed E-state index contributed by atoms with van der Waals surface area (Å²) in [6.45, 7) is 5.62. The van der Waals surface area contributed by atoms with Gasteiger partial charge in [0, 0.05) is 0 Å². The Morgan fingerprint density at radius 1 is 1.19 bits per heavy atom. The molecule has 0 aliphatic carbocycles. The summed E-state index contributed by atoms with van der Waals surface area (Å²) in [7, 11) is 0. The molecule has 4 heteroatoms. The Morgan fingerprint density at radius 3 is 2.71 bits per heavy atom. The van der Waals surface area contributed by atoms with Crippen LogP contribution in [0.3, 0.4) is 0 Å². The van der Waals surface area contributed by atoms with Crippen LogP contribution in [0.4, 0.5) is 5.82 Å². The molecular weight excluding hydrogens is 260 g/mol. The minimum absolute atomic E-state index is 0.529. The van der Waals surface area contributed by atoms with Gasteiger partial charge in [-0.2, -0.15) is 4.68 Å².